The van der Waals surface area contributed by atoms with Crippen LogP contribution in [0.25, 0.3) is 0 Å². The Balaban J connectivity index is 2.27. The maximum atomic E-state index is 12.1. The second kappa shape index (κ2) is 13.0. The number of nitrogens with zero attached hydrogens (tertiary/aromatic N) is 2. The standard InChI is InChI=1S/C21H31N3O2/c1-24(2)15-9-7-5-4-6-8-10-19(16-22)21(25)23-17-18-11-13-20(26-3)14-12-18/h10-14H,4-9,15,17H2,1-3H3,(H,23,25)/b19-10+. The zero-order chi connectivity index (χ0) is 19.2. The third-order valence-electron chi connectivity index (χ3n) is 4.14. The van der Waals surface area contributed by atoms with E-state index in [1.807, 2.05) is 30.3 Å². The molecule has 0 radical (unpaired) electrons. The van der Waals surface area contributed by atoms with Crippen LogP contribution in [0.15, 0.2) is 35.9 Å². The van der Waals surface area contributed by atoms with Crippen LogP contribution in [-0.2, 0) is 11.3 Å². The monoisotopic (exact) mass is 357 g/mol. The van der Waals surface area contributed by atoms with Gasteiger partial charge in [-0.15, -0.1) is 0 Å². The predicted octanol–water partition coefficient (Wildman–Crippen LogP) is 3.66. The summed E-state index contributed by atoms with van der Waals surface area (Å²) in [6, 6.07) is 9.49. The van der Waals surface area contributed by atoms with Gasteiger partial charge in [-0.1, -0.05) is 37.5 Å². The molecule has 1 aromatic rings. The van der Waals surface area contributed by atoms with Crippen molar-refractivity contribution in [2.24, 2.45) is 0 Å². The van der Waals surface area contributed by atoms with Crippen molar-refractivity contribution in [1.82, 2.24) is 10.2 Å². The summed E-state index contributed by atoms with van der Waals surface area (Å²) >= 11 is 0. The van der Waals surface area contributed by atoms with Crippen molar-refractivity contribution in [3.05, 3.63) is 41.5 Å². The fraction of sp³-hybridized carbons (Fsp3) is 0.524. The molecule has 0 fully saturated rings. The number of amides is 1. The molecule has 0 aromatic heterocycles. The van der Waals surface area contributed by atoms with Gasteiger partial charge < -0.3 is 15.0 Å². The molecule has 0 aliphatic carbocycles. The van der Waals surface area contributed by atoms with E-state index in [1.54, 1.807) is 13.2 Å². The van der Waals surface area contributed by atoms with Crippen LogP contribution in [0.5, 0.6) is 5.75 Å². The normalized spacial score (nSPS) is 11.3. The quantitative estimate of drug-likeness (QED) is 0.352. The van der Waals surface area contributed by atoms with Gasteiger partial charge in [0.15, 0.2) is 0 Å². The first-order chi connectivity index (χ1) is 12.6. The fourth-order valence-corrected chi connectivity index (χ4v) is 2.56. The molecule has 26 heavy (non-hydrogen) atoms. The maximum absolute atomic E-state index is 12.1. The average Bonchev–Trinajstić information content (AvgIpc) is 2.65. The van der Waals surface area contributed by atoms with Crippen LogP contribution in [0.4, 0.5) is 0 Å². The van der Waals surface area contributed by atoms with Crippen molar-refractivity contribution >= 4 is 5.91 Å². The number of methoxy groups -OCH3 is 1. The number of nitriles is 1. The summed E-state index contributed by atoms with van der Waals surface area (Å²) in [6.45, 7) is 1.53. The molecule has 0 aliphatic rings. The molecule has 0 bridgehead atoms. The van der Waals surface area contributed by atoms with Crippen molar-refractivity contribution in [2.75, 3.05) is 27.7 Å². The summed E-state index contributed by atoms with van der Waals surface area (Å²) in [4.78, 5) is 14.3. The maximum Gasteiger partial charge on any atom is 0.261 e. The van der Waals surface area contributed by atoms with E-state index in [1.165, 1.54) is 19.3 Å². The molecule has 1 aromatic carbocycles. The third kappa shape index (κ3) is 9.24. The minimum absolute atomic E-state index is 0.200. The molecular weight excluding hydrogens is 326 g/mol. The van der Waals surface area contributed by atoms with E-state index >= 15 is 0 Å². The van der Waals surface area contributed by atoms with Crippen molar-refractivity contribution in [2.45, 2.75) is 45.1 Å². The number of hydrogen-bond acceptors (Lipinski definition) is 4. The van der Waals surface area contributed by atoms with Crippen LogP contribution in [-0.4, -0.2) is 38.6 Å². The number of allylic oxidation sites excluding steroid dienone is 1. The molecule has 1 N–H and O–H groups in total. The van der Waals surface area contributed by atoms with Gasteiger partial charge in [0.25, 0.3) is 5.91 Å². The number of carbonyl (C=O) groups excluding carboxylic acids is 1. The van der Waals surface area contributed by atoms with E-state index < -0.39 is 0 Å². The lowest BCUT2D eigenvalue weighted by Crippen LogP contribution is -2.24. The average molecular weight is 357 g/mol. The van der Waals surface area contributed by atoms with Crippen LogP contribution in [0.3, 0.4) is 0 Å². The van der Waals surface area contributed by atoms with E-state index in [9.17, 15) is 10.1 Å². The smallest absolute Gasteiger partial charge is 0.261 e. The van der Waals surface area contributed by atoms with Crippen molar-refractivity contribution < 1.29 is 9.53 Å². The molecule has 0 unspecified atom stereocenters. The van der Waals surface area contributed by atoms with Gasteiger partial charge in [-0.3, -0.25) is 4.79 Å². The Bertz CT molecular complexity index is 601. The Hall–Kier alpha value is -2.32. The van der Waals surface area contributed by atoms with Gasteiger partial charge in [-0.05, 0) is 57.6 Å². The Morgan fingerprint density at radius 2 is 1.81 bits per heavy atom. The van der Waals surface area contributed by atoms with E-state index in [4.69, 9.17) is 4.74 Å². The van der Waals surface area contributed by atoms with Gasteiger partial charge in [0.2, 0.25) is 0 Å². The molecule has 0 atom stereocenters. The summed E-state index contributed by atoms with van der Waals surface area (Å²) in [5, 5.41) is 12.0. The minimum atomic E-state index is -0.311. The van der Waals surface area contributed by atoms with Crippen LogP contribution < -0.4 is 10.1 Å². The number of carbonyl (C=O) groups is 1. The molecule has 0 spiro atoms. The van der Waals surface area contributed by atoms with E-state index in [0.29, 0.717) is 6.54 Å². The Labute approximate surface area is 157 Å². The summed E-state index contributed by atoms with van der Waals surface area (Å²) < 4.78 is 5.10. The molecular formula is C21H31N3O2. The first-order valence-corrected chi connectivity index (χ1v) is 9.23. The van der Waals surface area contributed by atoms with Crippen LogP contribution >= 0.6 is 0 Å². The first kappa shape index (κ1) is 21.7. The predicted molar refractivity (Wildman–Crippen MR) is 105 cm³/mol. The number of unbranched alkanes of at least 4 members (excludes halogenated alkanes) is 5. The lowest BCUT2D eigenvalue weighted by atomic mass is 10.1. The van der Waals surface area contributed by atoms with Gasteiger partial charge >= 0.3 is 0 Å². The zero-order valence-electron chi connectivity index (χ0n) is 16.3. The summed E-state index contributed by atoms with van der Waals surface area (Å²) in [7, 11) is 5.80. The fourth-order valence-electron chi connectivity index (χ4n) is 2.56. The lowest BCUT2D eigenvalue weighted by Gasteiger charge is -2.08. The van der Waals surface area contributed by atoms with Crippen molar-refractivity contribution in [3.63, 3.8) is 0 Å². The SMILES string of the molecule is COc1ccc(CNC(=O)/C(C#N)=C/CCCCCCCN(C)C)cc1. The highest BCUT2D eigenvalue weighted by Gasteiger charge is 2.08. The van der Waals surface area contributed by atoms with Gasteiger partial charge in [0.05, 0.1) is 7.11 Å². The number of hydrogen-bond donors (Lipinski definition) is 1. The molecule has 142 valence electrons. The van der Waals surface area contributed by atoms with Gasteiger partial charge in [0, 0.05) is 6.54 Å². The molecule has 1 amide bonds. The number of rotatable bonds is 12. The van der Waals surface area contributed by atoms with Crippen molar-refractivity contribution in [3.8, 4) is 11.8 Å². The van der Waals surface area contributed by atoms with Crippen molar-refractivity contribution in [1.29, 1.82) is 5.26 Å². The highest BCUT2D eigenvalue weighted by Crippen LogP contribution is 2.11. The third-order valence-corrected chi connectivity index (χ3v) is 4.14. The molecule has 1 rings (SSSR count). The zero-order valence-corrected chi connectivity index (χ0v) is 16.3. The molecule has 5 nitrogen and oxygen atoms in total. The van der Waals surface area contributed by atoms with Gasteiger partial charge in [-0.25, -0.2) is 0 Å². The second-order valence-electron chi connectivity index (χ2n) is 6.62. The largest absolute Gasteiger partial charge is 0.497 e. The van der Waals surface area contributed by atoms with Gasteiger partial charge in [-0.2, -0.15) is 5.26 Å². The van der Waals surface area contributed by atoms with Crippen LogP contribution in [0.1, 0.15) is 44.1 Å². The topological polar surface area (TPSA) is 65.4 Å². The highest BCUT2D eigenvalue weighted by molar-refractivity contribution is 5.97. The van der Waals surface area contributed by atoms with Crippen LogP contribution in [0.2, 0.25) is 0 Å². The highest BCUT2D eigenvalue weighted by atomic mass is 16.5. The minimum Gasteiger partial charge on any atom is -0.497 e. The van der Waals surface area contributed by atoms with Crippen LogP contribution in [0, 0.1) is 11.3 Å². The summed E-state index contributed by atoms with van der Waals surface area (Å²) in [6.07, 6.45) is 8.33. The number of ether oxygens (including phenoxy) is 1. The first-order valence-electron chi connectivity index (χ1n) is 9.23. The Morgan fingerprint density at radius 3 is 2.42 bits per heavy atom. The molecule has 5 heteroatoms. The van der Waals surface area contributed by atoms with E-state index in [2.05, 4.69) is 24.3 Å². The summed E-state index contributed by atoms with van der Waals surface area (Å²) in [5.41, 5.74) is 1.17. The van der Waals surface area contributed by atoms with E-state index in [0.717, 1.165) is 37.1 Å². The number of nitrogens with one attached hydrogen (secondary N) is 1. The number of benzene rings is 1. The molecule has 0 saturated heterocycles. The Morgan fingerprint density at radius 1 is 1.15 bits per heavy atom. The Kier molecular flexibility index (Phi) is 10.8. The summed E-state index contributed by atoms with van der Waals surface area (Å²) in [5.74, 6) is 0.466. The van der Waals surface area contributed by atoms with Gasteiger partial charge in [0.1, 0.15) is 17.4 Å². The second-order valence-corrected chi connectivity index (χ2v) is 6.62. The van der Waals surface area contributed by atoms with E-state index in [-0.39, 0.29) is 11.5 Å². The molecule has 0 saturated carbocycles. The molecule has 0 heterocycles. The lowest BCUT2D eigenvalue weighted by molar-refractivity contribution is -0.117. The molecule has 0 aliphatic heterocycles.